The third kappa shape index (κ3) is 3.40. The lowest BCUT2D eigenvalue weighted by atomic mass is 9.95. The maximum Gasteiger partial charge on any atom is 0.410 e. The average molecular weight is 229 g/mol. The van der Waals surface area contributed by atoms with E-state index in [1.807, 2.05) is 20.8 Å². The quantitative estimate of drug-likeness (QED) is 0.800. The van der Waals surface area contributed by atoms with Crippen LogP contribution in [0.4, 0.5) is 4.79 Å². The molecule has 1 saturated heterocycles. The third-order valence-electron chi connectivity index (χ3n) is 2.31. The highest BCUT2D eigenvalue weighted by molar-refractivity contribution is 5.74. The summed E-state index contributed by atoms with van der Waals surface area (Å²) in [5, 5.41) is 8.73. The van der Waals surface area contributed by atoms with Crippen LogP contribution in [-0.4, -0.2) is 40.8 Å². The van der Waals surface area contributed by atoms with Gasteiger partial charge in [0.1, 0.15) is 5.60 Å². The number of cyclic esters (lactones) is 1. The van der Waals surface area contributed by atoms with E-state index < -0.39 is 17.7 Å². The van der Waals surface area contributed by atoms with Crippen molar-refractivity contribution in [3.05, 3.63) is 0 Å². The van der Waals surface area contributed by atoms with E-state index in [0.29, 0.717) is 13.1 Å². The summed E-state index contributed by atoms with van der Waals surface area (Å²) in [6.07, 6.45) is -0.571. The Bertz CT molecular complexity index is 308. The van der Waals surface area contributed by atoms with Crippen LogP contribution in [0.3, 0.4) is 0 Å². The molecule has 1 N–H and O–H groups in total. The lowest BCUT2D eigenvalue weighted by Crippen LogP contribution is -2.37. The number of aliphatic carboxylic acids is 1. The number of nitrogens with zero attached hydrogens (tertiary/aromatic N) is 1. The molecule has 0 bridgehead atoms. The first-order valence-electron chi connectivity index (χ1n) is 5.31. The van der Waals surface area contributed by atoms with Gasteiger partial charge in [0.25, 0.3) is 0 Å². The second-order valence-corrected chi connectivity index (χ2v) is 5.81. The van der Waals surface area contributed by atoms with Gasteiger partial charge >= 0.3 is 12.1 Å². The van der Waals surface area contributed by atoms with E-state index in [0.717, 1.165) is 0 Å². The molecule has 1 aliphatic heterocycles. The lowest BCUT2D eigenvalue weighted by molar-refractivity contribution is -0.140. The Hall–Kier alpha value is -1.26. The normalized spacial score (nSPS) is 25.8. The van der Waals surface area contributed by atoms with Crippen molar-refractivity contribution < 1.29 is 19.4 Å². The largest absolute Gasteiger partial charge is 0.481 e. The molecule has 0 aromatic carbocycles. The molecule has 0 saturated carbocycles. The molecular weight excluding hydrogens is 210 g/mol. The fraction of sp³-hybridized carbons (Fsp3) is 0.818. The molecule has 0 aliphatic carbocycles. The highest BCUT2D eigenvalue weighted by Crippen LogP contribution is 2.28. The second-order valence-electron chi connectivity index (χ2n) is 5.81. The van der Waals surface area contributed by atoms with E-state index in [1.54, 1.807) is 11.8 Å². The summed E-state index contributed by atoms with van der Waals surface area (Å²) in [4.78, 5) is 23.8. The van der Waals surface area contributed by atoms with Crippen molar-refractivity contribution in [2.75, 3.05) is 13.1 Å². The van der Waals surface area contributed by atoms with Gasteiger partial charge in [0, 0.05) is 6.54 Å². The van der Waals surface area contributed by atoms with E-state index in [4.69, 9.17) is 9.84 Å². The first kappa shape index (κ1) is 12.8. The summed E-state index contributed by atoms with van der Waals surface area (Å²) in [5.41, 5.74) is -0.915. The van der Waals surface area contributed by atoms with Gasteiger partial charge in [-0.3, -0.25) is 4.79 Å². The van der Waals surface area contributed by atoms with Gasteiger partial charge in [0.15, 0.2) is 0 Å². The van der Waals surface area contributed by atoms with Gasteiger partial charge < -0.3 is 14.7 Å². The number of carbonyl (C=O) groups excluding carboxylic acids is 1. The zero-order valence-corrected chi connectivity index (χ0v) is 10.2. The number of hydrogen-bond acceptors (Lipinski definition) is 3. The lowest BCUT2D eigenvalue weighted by Gasteiger charge is -2.25. The van der Waals surface area contributed by atoms with Crippen molar-refractivity contribution in [2.45, 2.75) is 39.7 Å². The van der Waals surface area contributed by atoms with E-state index >= 15 is 0 Å². The van der Waals surface area contributed by atoms with Gasteiger partial charge in [0.05, 0.1) is 13.0 Å². The van der Waals surface area contributed by atoms with E-state index in [2.05, 4.69) is 0 Å². The number of amides is 1. The Morgan fingerprint density at radius 2 is 2.12 bits per heavy atom. The molecule has 0 radical (unpaired) electrons. The zero-order valence-electron chi connectivity index (χ0n) is 10.2. The molecule has 5 heteroatoms. The minimum absolute atomic E-state index is 0.0203. The number of ether oxygens (including phenoxy) is 1. The first-order valence-corrected chi connectivity index (χ1v) is 5.31. The van der Waals surface area contributed by atoms with Gasteiger partial charge in [-0.05, 0) is 12.3 Å². The van der Waals surface area contributed by atoms with Crippen LogP contribution in [0.15, 0.2) is 0 Å². The van der Waals surface area contributed by atoms with Crippen LogP contribution >= 0.6 is 0 Å². The number of hydrogen-bond donors (Lipinski definition) is 1. The molecule has 1 fully saturated rings. The monoisotopic (exact) mass is 229 g/mol. The van der Waals surface area contributed by atoms with Crippen LogP contribution in [0.5, 0.6) is 0 Å². The molecule has 0 aromatic heterocycles. The summed E-state index contributed by atoms with van der Waals surface area (Å²) < 4.78 is 5.12. The van der Waals surface area contributed by atoms with Crippen LogP contribution in [0.25, 0.3) is 0 Å². The van der Waals surface area contributed by atoms with E-state index in [1.165, 1.54) is 0 Å². The topological polar surface area (TPSA) is 66.8 Å². The SMILES string of the molecule is CC(C)(C)CN1CC(C)(CC(=O)O)OC1=O. The first-order chi connectivity index (χ1) is 7.11. The number of carboxylic acids is 1. The van der Waals surface area contributed by atoms with Crippen molar-refractivity contribution >= 4 is 12.1 Å². The van der Waals surface area contributed by atoms with Crippen LogP contribution in [0.1, 0.15) is 34.1 Å². The Balaban J connectivity index is 2.66. The Kier molecular flexibility index (Phi) is 3.17. The molecule has 5 nitrogen and oxygen atoms in total. The van der Waals surface area contributed by atoms with Gasteiger partial charge in [-0.15, -0.1) is 0 Å². The average Bonchev–Trinajstić information content (AvgIpc) is 2.20. The molecule has 1 unspecified atom stereocenters. The molecule has 1 amide bonds. The standard InChI is InChI=1S/C11H19NO4/c1-10(2,3)6-12-7-11(4,5-8(13)14)16-9(12)15/h5-7H2,1-4H3,(H,13,14). The molecule has 1 rings (SSSR count). The fourth-order valence-electron chi connectivity index (χ4n) is 1.88. The minimum atomic E-state index is -0.951. The molecule has 16 heavy (non-hydrogen) atoms. The maximum absolute atomic E-state index is 11.6. The predicted octanol–water partition coefficient (Wildman–Crippen LogP) is 1.72. The Morgan fingerprint density at radius 1 is 1.56 bits per heavy atom. The molecule has 1 aliphatic rings. The van der Waals surface area contributed by atoms with Gasteiger partial charge in [-0.1, -0.05) is 20.8 Å². The predicted molar refractivity (Wildman–Crippen MR) is 58.2 cm³/mol. The summed E-state index contributed by atoms with van der Waals surface area (Å²) >= 11 is 0. The second kappa shape index (κ2) is 3.96. The van der Waals surface area contributed by atoms with E-state index in [-0.39, 0.29) is 11.8 Å². The highest BCUT2D eigenvalue weighted by Gasteiger charge is 2.43. The van der Waals surface area contributed by atoms with Crippen LogP contribution in [0.2, 0.25) is 0 Å². The summed E-state index contributed by atoms with van der Waals surface area (Å²) in [5.74, 6) is -0.951. The Morgan fingerprint density at radius 3 is 2.56 bits per heavy atom. The van der Waals surface area contributed by atoms with Crippen molar-refractivity contribution in [3.8, 4) is 0 Å². The van der Waals surface area contributed by atoms with Crippen LogP contribution in [-0.2, 0) is 9.53 Å². The summed E-state index contributed by atoms with van der Waals surface area (Å²) in [7, 11) is 0. The summed E-state index contributed by atoms with van der Waals surface area (Å²) in [6.45, 7) is 8.63. The number of carboxylic acid groups (broad SMARTS) is 1. The maximum atomic E-state index is 11.6. The van der Waals surface area contributed by atoms with Gasteiger partial charge in [-0.2, -0.15) is 0 Å². The van der Waals surface area contributed by atoms with E-state index in [9.17, 15) is 9.59 Å². The molecule has 0 aromatic rings. The number of rotatable bonds is 3. The van der Waals surface area contributed by atoms with Crippen molar-refractivity contribution in [2.24, 2.45) is 5.41 Å². The van der Waals surface area contributed by atoms with Crippen LogP contribution in [0, 0.1) is 5.41 Å². The summed E-state index contributed by atoms with van der Waals surface area (Å²) in [6, 6.07) is 0. The third-order valence-corrected chi connectivity index (χ3v) is 2.31. The molecule has 0 spiro atoms. The van der Waals surface area contributed by atoms with Gasteiger partial charge in [-0.25, -0.2) is 4.79 Å². The van der Waals surface area contributed by atoms with Crippen molar-refractivity contribution in [1.29, 1.82) is 0 Å². The molecule has 1 heterocycles. The van der Waals surface area contributed by atoms with Crippen molar-refractivity contribution in [1.82, 2.24) is 4.90 Å². The highest BCUT2D eigenvalue weighted by atomic mass is 16.6. The zero-order chi connectivity index (χ0) is 12.6. The van der Waals surface area contributed by atoms with Gasteiger partial charge in [0.2, 0.25) is 0 Å². The minimum Gasteiger partial charge on any atom is -0.481 e. The molecule has 92 valence electrons. The van der Waals surface area contributed by atoms with Crippen molar-refractivity contribution in [3.63, 3.8) is 0 Å². The fourth-order valence-corrected chi connectivity index (χ4v) is 1.88. The smallest absolute Gasteiger partial charge is 0.410 e. The molecule has 1 atom stereocenters. The van der Waals surface area contributed by atoms with Crippen LogP contribution < -0.4 is 0 Å². The molecular formula is C11H19NO4. The number of carbonyl (C=O) groups is 2. The Labute approximate surface area is 95.4 Å².